The fourth-order valence-corrected chi connectivity index (χ4v) is 2.81. The van der Waals surface area contributed by atoms with Crippen LogP contribution < -0.4 is 0 Å². The van der Waals surface area contributed by atoms with Crippen LogP contribution >= 0.6 is 0 Å². The van der Waals surface area contributed by atoms with Gasteiger partial charge < -0.3 is 0 Å². The summed E-state index contributed by atoms with van der Waals surface area (Å²) in [4.78, 5) is 11.9. The minimum atomic E-state index is 0.0631. The van der Waals surface area contributed by atoms with E-state index < -0.39 is 0 Å². The normalized spacial score (nSPS) is 11.3. The van der Waals surface area contributed by atoms with Gasteiger partial charge >= 0.3 is 0 Å². The standard InChI is InChI=1S/C16H15NO/c1-10-8-11(2)16-14(9-10)13-6-4-5-7-15(13)17(16)12(3)18/h4-9H,1-3H3. The number of rotatable bonds is 0. The summed E-state index contributed by atoms with van der Waals surface area (Å²) in [5, 5.41) is 2.31. The first kappa shape index (κ1) is 11.0. The molecule has 0 aliphatic heterocycles. The number of benzene rings is 2. The number of hydrogen-bond donors (Lipinski definition) is 0. The predicted octanol–water partition coefficient (Wildman–Crippen LogP) is 4.07. The second-order valence-corrected chi connectivity index (χ2v) is 4.85. The molecule has 0 fully saturated rings. The first-order valence-corrected chi connectivity index (χ1v) is 6.11. The number of carbonyl (C=O) groups excluding carboxylic acids is 1. The number of para-hydroxylation sites is 1. The van der Waals surface area contributed by atoms with Crippen LogP contribution in [0, 0.1) is 13.8 Å². The van der Waals surface area contributed by atoms with E-state index in [0.29, 0.717) is 0 Å². The van der Waals surface area contributed by atoms with Crippen LogP contribution in [0.2, 0.25) is 0 Å². The average Bonchev–Trinajstić information content (AvgIpc) is 2.64. The van der Waals surface area contributed by atoms with Gasteiger partial charge in [0.2, 0.25) is 5.91 Å². The van der Waals surface area contributed by atoms with Crippen LogP contribution in [0.15, 0.2) is 36.4 Å². The van der Waals surface area contributed by atoms with Gasteiger partial charge in [-0.3, -0.25) is 9.36 Å². The Labute approximate surface area is 106 Å². The van der Waals surface area contributed by atoms with Crippen molar-refractivity contribution in [1.29, 1.82) is 0 Å². The molecular weight excluding hydrogens is 222 g/mol. The maximum atomic E-state index is 11.9. The molecule has 18 heavy (non-hydrogen) atoms. The van der Waals surface area contributed by atoms with Gasteiger partial charge in [-0.15, -0.1) is 0 Å². The number of carbonyl (C=O) groups is 1. The molecule has 0 saturated carbocycles. The monoisotopic (exact) mass is 237 g/mol. The zero-order chi connectivity index (χ0) is 12.9. The van der Waals surface area contributed by atoms with Crippen molar-refractivity contribution in [3.05, 3.63) is 47.5 Å². The summed E-state index contributed by atoms with van der Waals surface area (Å²) in [5.41, 5.74) is 4.41. The van der Waals surface area contributed by atoms with Gasteiger partial charge in [-0.1, -0.05) is 29.8 Å². The van der Waals surface area contributed by atoms with Crippen LogP contribution in [0.4, 0.5) is 0 Å². The van der Waals surface area contributed by atoms with Gasteiger partial charge in [-0.25, -0.2) is 0 Å². The van der Waals surface area contributed by atoms with Crippen molar-refractivity contribution in [3.8, 4) is 0 Å². The molecule has 0 radical (unpaired) electrons. The molecule has 0 aliphatic rings. The molecule has 0 spiro atoms. The van der Waals surface area contributed by atoms with E-state index in [2.05, 4.69) is 32.0 Å². The Morgan fingerprint density at radius 1 is 1.06 bits per heavy atom. The quantitative estimate of drug-likeness (QED) is 0.577. The van der Waals surface area contributed by atoms with Crippen molar-refractivity contribution in [1.82, 2.24) is 4.57 Å². The molecule has 1 aromatic heterocycles. The van der Waals surface area contributed by atoms with Crippen molar-refractivity contribution < 1.29 is 4.79 Å². The molecule has 1 heterocycles. The van der Waals surface area contributed by atoms with Gasteiger partial charge in [0.15, 0.2) is 0 Å². The second kappa shape index (κ2) is 3.70. The van der Waals surface area contributed by atoms with E-state index in [1.807, 2.05) is 22.8 Å². The number of fused-ring (bicyclic) bond motifs is 3. The fourth-order valence-electron chi connectivity index (χ4n) is 2.81. The molecule has 0 bridgehead atoms. The van der Waals surface area contributed by atoms with Crippen LogP contribution in [0.1, 0.15) is 22.8 Å². The van der Waals surface area contributed by atoms with Gasteiger partial charge in [0.1, 0.15) is 0 Å². The minimum Gasteiger partial charge on any atom is -0.280 e. The molecule has 0 aliphatic carbocycles. The zero-order valence-electron chi connectivity index (χ0n) is 10.8. The molecular formula is C16H15NO. The Morgan fingerprint density at radius 2 is 1.78 bits per heavy atom. The van der Waals surface area contributed by atoms with Crippen molar-refractivity contribution >= 4 is 27.7 Å². The molecule has 0 amide bonds. The lowest BCUT2D eigenvalue weighted by Gasteiger charge is -2.05. The minimum absolute atomic E-state index is 0.0631. The van der Waals surface area contributed by atoms with Crippen molar-refractivity contribution in [3.63, 3.8) is 0 Å². The Hall–Kier alpha value is -2.09. The van der Waals surface area contributed by atoms with E-state index in [0.717, 1.165) is 22.0 Å². The third-order valence-corrected chi connectivity index (χ3v) is 3.42. The van der Waals surface area contributed by atoms with Crippen molar-refractivity contribution in [2.45, 2.75) is 20.8 Å². The SMILES string of the molecule is CC(=O)n1c2ccccc2c2cc(C)cc(C)c21. The summed E-state index contributed by atoms with van der Waals surface area (Å²) in [6, 6.07) is 12.4. The van der Waals surface area contributed by atoms with Crippen LogP contribution in [0.5, 0.6) is 0 Å². The Kier molecular flexibility index (Phi) is 2.27. The molecule has 90 valence electrons. The van der Waals surface area contributed by atoms with E-state index in [9.17, 15) is 4.79 Å². The van der Waals surface area contributed by atoms with Gasteiger partial charge in [-0.2, -0.15) is 0 Å². The third kappa shape index (κ3) is 1.39. The summed E-state index contributed by atoms with van der Waals surface area (Å²) in [6.07, 6.45) is 0. The van der Waals surface area contributed by atoms with Crippen molar-refractivity contribution in [2.75, 3.05) is 0 Å². The van der Waals surface area contributed by atoms with E-state index in [-0.39, 0.29) is 5.91 Å². The van der Waals surface area contributed by atoms with Crippen LogP contribution in [-0.4, -0.2) is 10.5 Å². The maximum Gasteiger partial charge on any atom is 0.228 e. The van der Waals surface area contributed by atoms with Gasteiger partial charge in [0, 0.05) is 17.7 Å². The first-order valence-electron chi connectivity index (χ1n) is 6.11. The van der Waals surface area contributed by atoms with Crippen molar-refractivity contribution in [2.24, 2.45) is 0 Å². The van der Waals surface area contributed by atoms with Gasteiger partial charge in [0.25, 0.3) is 0 Å². The van der Waals surface area contributed by atoms with Crippen LogP contribution in [-0.2, 0) is 0 Å². The second-order valence-electron chi connectivity index (χ2n) is 4.85. The Morgan fingerprint density at radius 3 is 2.50 bits per heavy atom. The molecule has 3 aromatic rings. The lowest BCUT2D eigenvalue weighted by molar-refractivity contribution is 0.0946. The molecule has 3 rings (SSSR count). The largest absolute Gasteiger partial charge is 0.280 e. The van der Waals surface area contributed by atoms with Crippen LogP contribution in [0.25, 0.3) is 21.8 Å². The topological polar surface area (TPSA) is 22.0 Å². The fraction of sp³-hybridized carbons (Fsp3) is 0.188. The summed E-state index contributed by atoms with van der Waals surface area (Å²) in [5.74, 6) is 0.0631. The number of hydrogen-bond acceptors (Lipinski definition) is 1. The first-order chi connectivity index (χ1) is 8.59. The molecule has 0 N–H and O–H groups in total. The lowest BCUT2D eigenvalue weighted by atomic mass is 10.1. The zero-order valence-corrected chi connectivity index (χ0v) is 10.8. The lowest BCUT2D eigenvalue weighted by Crippen LogP contribution is -2.05. The van der Waals surface area contributed by atoms with E-state index in [4.69, 9.17) is 0 Å². The highest BCUT2D eigenvalue weighted by molar-refractivity contribution is 6.14. The van der Waals surface area contributed by atoms with Gasteiger partial charge in [0.05, 0.1) is 11.0 Å². The summed E-state index contributed by atoms with van der Waals surface area (Å²) in [6.45, 7) is 5.77. The highest BCUT2D eigenvalue weighted by atomic mass is 16.1. The summed E-state index contributed by atoms with van der Waals surface area (Å²) >= 11 is 0. The molecule has 2 nitrogen and oxygen atoms in total. The van der Waals surface area contributed by atoms with E-state index >= 15 is 0 Å². The summed E-state index contributed by atoms with van der Waals surface area (Å²) < 4.78 is 1.82. The third-order valence-electron chi connectivity index (χ3n) is 3.42. The smallest absolute Gasteiger partial charge is 0.228 e. The number of nitrogens with zero attached hydrogens (tertiary/aromatic N) is 1. The molecule has 0 unspecified atom stereocenters. The predicted molar refractivity (Wildman–Crippen MR) is 75.2 cm³/mol. The molecule has 2 heteroatoms. The molecule has 2 aromatic carbocycles. The Bertz CT molecular complexity index is 780. The average molecular weight is 237 g/mol. The molecule has 0 saturated heterocycles. The van der Waals surface area contributed by atoms with E-state index in [1.165, 1.54) is 10.9 Å². The number of aryl methyl sites for hydroxylation is 2. The van der Waals surface area contributed by atoms with Crippen LogP contribution in [0.3, 0.4) is 0 Å². The summed E-state index contributed by atoms with van der Waals surface area (Å²) in [7, 11) is 0. The van der Waals surface area contributed by atoms with Gasteiger partial charge in [-0.05, 0) is 31.5 Å². The highest BCUT2D eigenvalue weighted by Gasteiger charge is 2.14. The maximum absolute atomic E-state index is 11.9. The highest BCUT2D eigenvalue weighted by Crippen LogP contribution is 2.31. The Balaban J connectivity index is 2.67. The molecule has 0 atom stereocenters. The van der Waals surface area contributed by atoms with E-state index in [1.54, 1.807) is 6.92 Å². The number of aromatic nitrogens is 1.